The summed E-state index contributed by atoms with van der Waals surface area (Å²) in [6.07, 6.45) is 0.987. The van der Waals surface area contributed by atoms with Crippen molar-refractivity contribution in [1.29, 1.82) is 0 Å². The third kappa shape index (κ3) is 5.34. The van der Waals surface area contributed by atoms with E-state index in [-0.39, 0.29) is 12.5 Å². The molecule has 2 aromatic rings. The van der Waals surface area contributed by atoms with Crippen LogP contribution in [0.2, 0.25) is 0 Å². The lowest BCUT2D eigenvalue weighted by atomic mass is 10.1. The van der Waals surface area contributed by atoms with Gasteiger partial charge in [-0.05, 0) is 41.8 Å². The van der Waals surface area contributed by atoms with Crippen LogP contribution in [-0.2, 0) is 22.5 Å². The molecule has 0 fully saturated rings. The summed E-state index contributed by atoms with van der Waals surface area (Å²) in [7, 11) is 5.56. The molecule has 0 aliphatic rings. The number of likely N-dealkylation sites (N-methyl/N-ethyl adjacent to an activating group) is 1. The third-order valence-electron chi connectivity index (χ3n) is 4.22. The van der Waals surface area contributed by atoms with Gasteiger partial charge < -0.3 is 14.5 Å². The lowest BCUT2D eigenvalue weighted by Crippen LogP contribution is -2.30. The summed E-state index contributed by atoms with van der Waals surface area (Å²) < 4.78 is 5.14. The van der Waals surface area contributed by atoms with Crippen molar-refractivity contribution in [2.24, 2.45) is 0 Å². The molecule has 1 amide bonds. The van der Waals surface area contributed by atoms with Crippen molar-refractivity contribution in [1.82, 2.24) is 4.90 Å². The molecule has 0 aliphatic heterocycles. The molecule has 26 heavy (non-hydrogen) atoms. The minimum Gasteiger partial charge on any atom is -0.452 e. The molecule has 138 valence electrons. The van der Waals surface area contributed by atoms with E-state index in [1.165, 1.54) is 5.56 Å². The minimum atomic E-state index is -0.496. The zero-order valence-electron chi connectivity index (χ0n) is 15.9. The Morgan fingerprint density at radius 2 is 1.46 bits per heavy atom. The first-order valence-corrected chi connectivity index (χ1v) is 8.67. The first kappa shape index (κ1) is 19.5. The van der Waals surface area contributed by atoms with Gasteiger partial charge in [-0.1, -0.05) is 31.2 Å². The van der Waals surface area contributed by atoms with Gasteiger partial charge in [0.15, 0.2) is 6.61 Å². The molecule has 0 aromatic heterocycles. The van der Waals surface area contributed by atoms with Crippen molar-refractivity contribution < 1.29 is 14.3 Å². The predicted molar refractivity (Wildman–Crippen MR) is 103 cm³/mol. The number of nitrogens with zero attached hydrogens (tertiary/aromatic N) is 2. The van der Waals surface area contributed by atoms with Gasteiger partial charge >= 0.3 is 5.97 Å². The second kappa shape index (κ2) is 9.04. The molecule has 2 aromatic carbocycles. The smallest absolute Gasteiger partial charge is 0.338 e. The van der Waals surface area contributed by atoms with Gasteiger partial charge in [-0.3, -0.25) is 4.79 Å². The third-order valence-corrected chi connectivity index (χ3v) is 4.22. The van der Waals surface area contributed by atoms with Crippen LogP contribution in [0.5, 0.6) is 0 Å². The summed E-state index contributed by atoms with van der Waals surface area (Å²) >= 11 is 0. The normalized spacial score (nSPS) is 10.3. The highest BCUT2D eigenvalue weighted by Crippen LogP contribution is 2.13. The minimum absolute atomic E-state index is 0.233. The SMILES string of the molecule is CCc1ccc(CN(C)C(=O)COC(=O)c2ccc(N(C)C)cc2)cc1. The van der Waals surface area contributed by atoms with Crippen LogP contribution in [0.25, 0.3) is 0 Å². The number of hydrogen-bond donors (Lipinski definition) is 0. The Morgan fingerprint density at radius 3 is 2.00 bits per heavy atom. The highest BCUT2D eigenvalue weighted by atomic mass is 16.5. The van der Waals surface area contributed by atoms with E-state index in [2.05, 4.69) is 19.1 Å². The van der Waals surface area contributed by atoms with E-state index in [0.717, 1.165) is 17.7 Å². The number of carbonyl (C=O) groups excluding carboxylic acids is 2. The van der Waals surface area contributed by atoms with Gasteiger partial charge in [-0.15, -0.1) is 0 Å². The highest BCUT2D eigenvalue weighted by molar-refractivity contribution is 5.91. The molecule has 5 nitrogen and oxygen atoms in total. The number of hydrogen-bond acceptors (Lipinski definition) is 4. The monoisotopic (exact) mass is 354 g/mol. The molecule has 2 rings (SSSR count). The van der Waals surface area contributed by atoms with Crippen molar-refractivity contribution in [3.63, 3.8) is 0 Å². The summed E-state index contributed by atoms with van der Waals surface area (Å²) in [4.78, 5) is 27.8. The van der Waals surface area contributed by atoms with Gasteiger partial charge in [0, 0.05) is 33.4 Å². The van der Waals surface area contributed by atoms with E-state index < -0.39 is 5.97 Å². The Kier molecular flexibility index (Phi) is 6.78. The Balaban J connectivity index is 1.85. The van der Waals surface area contributed by atoms with Crippen molar-refractivity contribution in [3.05, 3.63) is 65.2 Å². The van der Waals surface area contributed by atoms with Crippen LogP contribution in [0.4, 0.5) is 5.69 Å². The maximum Gasteiger partial charge on any atom is 0.338 e. The Hall–Kier alpha value is -2.82. The zero-order chi connectivity index (χ0) is 19.1. The maximum absolute atomic E-state index is 12.2. The summed E-state index contributed by atoms with van der Waals surface area (Å²) in [5.74, 6) is -0.729. The molecule has 0 saturated carbocycles. The number of anilines is 1. The second-order valence-corrected chi connectivity index (χ2v) is 6.44. The average molecular weight is 354 g/mol. The Bertz CT molecular complexity index is 737. The number of benzene rings is 2. The molecule has 0 bridgehead atoms. The lowest BCUT2D eigenvalue weighted by molar-refractivity contribution is -0.133. The molecule has 0 atom stereocenters. The van der Waals surface area contributed by atoms with E-state index in [1.54, 1.807) is 24.1 Å². The van der Waals surface area contributed by atoms with E-state index in [1.807, 2.05) is 43.3 Å². The molecular weight excluding hydrogens is 328 g/mol. The molecule has 0 saturated heterocycles. The van der Waals surface area contributed by atoms with Crippen LogP contribution in [0.3, 0.4) is 0 Å². The van der Waals surface area contributed by atoms with Gasteiger partial charge in [-0.25, -0.2) is 4.79 Å². The van der Waals surface area contributed by atoms with Gasteiger partial charge in [0.05, 0.1) is 5.56 Å². The van der Waals surface area contributed by atoms with Crippen LogP contribution < -0.4 is 4.90 Å². The van der Waals surface area contributed by atoms with Crippen molar-refractivity contribution in [2.75, 3.05) is 32.6 Å². The maximum atomic E-state index is 12.2. The first-order chi connectivity index (χ1) is 12.4. The number of aryl methyl sites for hydroxylation is 1. The average Bonchev–Trinajstić information content (AvgIpc) is 2.66. The molecule has 5 heteroatoms. The van der Waals surface area contributed by atoms with Crippen LogP contribution >= 0.6 is 0 Å². The van der Waals surface area contributed by atoms with E-state index in [9.17, 15) is 9.59 Å². The summed E-state index contributed by atoms with van der Waals surface area (Å²) in [6, 6.07) is 15.2. The fraction of sp³-hybridized carbons (Fsp3) is 0.333. The number of rotatable bonds is 7. The fourth-order valence-electron chi connectivity index (χ4n) is 2.46. The van der Waals surface area contributed by atoms with Gasteiger partial charge in [0.25, 0.3) is 5.91 Å². The number of ether oxygens (including phenoxy) is 1. The van der Waals surface area contributed by atoms with Crippen LogP contribution in [0.15, 0.2) is 48.5 Å². The van der Waals surface area contributed by atoms with Crippen molar-refractivity contribution in [3.8, 4) is 0 Å². The molecule has 0 heterocycles. The zero-order valence-corrected chi connectivity index (χ0v) is 15.9. The van der Waals surface area contributed by atoms with E-state index >= 15 is 0 Å². The topological polar surface area (TPSA) is 49.9 Å². The van der Waals surface area contributed by atoms with Gasteiger partial charge in [0.1, 0.15) is 0 Å². The van der Waals surface area contributed by atoms with E-state index in [0.29, 0.717) is 12.1 Å². The lowest BCUT2D eigenvalue weighted by Gasteiger charge is -2.17. The predicted octanol–water partition coefficient (Wildman–Crippen LogP) is 3.13. The first-order valence-electron chi connectivity index (χ1n) is 8.67. The summed E-state index contributed by atoms with van der Waals surface area (Å²) in [6.45, 7) is 2.32. The number of amides is 1. The van der Waals surface area contributed by atoms with Gasteiger partial charge in [-0.2, -0.15) is 0 Å². The molecular formula is C21H26N2O3. The molecule has 0 unspecified atom stereocenters. The number of esters is 1. The standard InChI is InChI=1S/C21H26N2O3/c1-5-16-6-8-17(9-7-16)14-23(4)20(24)15-26-21(25)18-10-12-19(13-11-18)22(2)3/h6-13H,5,14-15H2,1-4H3. The number of carbonyl (C=O) groups is 2. The van der Waals surface area contributed by atoms with Crippen LogP contribution in [0.1, 0.15) is 28.4 Å². The molecule has 0 spiro atoms. The highest BCUT2D eigenvalue weighted by Gasteiger charge is 2.14. The van der Waals surface area contributed by atoms with Crippen molar-refractivity contribution >= 4 is 17.6 Å². The molecule has 0 radical (unpaired) electrons. The second-order valence-electron chi connectivity index (χ2n) is 6.44. The Labute approximate surface area is 155 Å². The largest absolute Gasteiger partial charge is 0.452 e. The fourth-order valence-corrected chi connectivity index (χ4v) is 2.46. The molecule has 0 aliphatic carbocycles. The van der Waals surface area contributed by atoms with Crippen LogP contribution in [-0.4, -0.2) is 44.5 Å². The molecule has 0 N–H and O–H groups in total. The summed E-state index contributed by atoms with van der Waals surface area (Å²) in [5.41, 5.74) is 3.73. The van der Waals surface area contributed by atoms with Crippen molar-refractivity contribution in [2.45, 2.75) is 19.9 Å². The Morgan fingerprint density at radius 1 is 0.885 bits per heavy atom. The quantitative estimate of drug-likeness (QED) is 0.717. The van der Waals surface area contributed by atoms with Gasteiger partial charge in [0.2, 0.25) is 0 Å². The summed E-state index contributed by atoms with van der Waals surface area (Å²) in [5, 5.41) is 0. The van der Waals surface area contributed by atoms with E-state index in [4.69, 9.17) is 4.74 Å². The van der Waals surface area contributed by atoms with Crippen LogP contribution in [0, 0.1) is 0 Å².